The normalized spacial score (nSPS) is 16.6. The number of carbonyl (C=O) groups is 1. The second-order valence-corrected chi connectivity index (χ2v) is 7.61. The number of fused-ring (bicyclic) bond motifs is 3. The molecule has 0 fully saturated rings. The lowest BCUT2D eigenvalue weighted by Crippen LogP contribution is -2.42. The molecule has 1 unspecified atom stereocenters. The fraction of sp³-hybridized carbons (Fsp3) is 0.250. The summed E-state index contributed by atoms with van der Waals surface area (Å²) in [6.07, 6.45) is 0.782. The van der Waals surface area contributed by atoms with Crippen LogP contribution in [0.1, 0.15) is 22.9 Å². The van der Waals surface area contributed by atoms with Crippen molar-refractivity contribution >= 4 is 40.0 Å². The first-order valence-corrected chi connectivity index (χ1v) is 9.40. The third-order valence-electron chi connectivity index (χ3n) is 5.00. The summed E-state index contributed by atoms with van der Waals surface area (Å²) in [4.78, 5) is 17.9. The van der Waals surface area contributed by atoms with Gasteiger partial charge in [0.1, 0.15) is 5.75 Å². The zero-order chi connectivity index (χ0) is 19.1. The molecule has 5 nitrogen and oxygen atoms in total. The van der Waals surface area contributed by atoms with Crippen LogP contribution in [0.15, 0.2) is 36.4 Å². The number of amides is 1. The minimum Gasteiger partial charge on any atom is -0.508 e. The van der Waals surface area contributed by atoms with Gasteiger partial charge in [-0.2, -0.15) is 0 Å². The van der Waals surface area contributed by atoms with Gasteiger partial charge in [0.05, 0.1) is 19.1 Å². The molecular formula is C20H18Cl2N2O3. The van der Waals surface area contributed by atoms with E-state index in [1.807, 2.05) is 18.2 Å². The Morgan fingerprint density at radius 1 is 1.19 bits per heavy atom. The number of H-pyrrole nitrogens is 1. The molecule has 0 radical (unpaired) electrons. The van der Waals surface area contributed by atoms with E-state index in [1.54, 1.807) is 11.0 Å². The van der Waals surface area contributed by atoms with Crippen molar-refractivity contribution < 1.29 is 15.0 Å². The molecule has 0 spiro atoms. The molecule has 1 amide bonds. The van der Waals surface area contributed by atoms with Gasteiger partial charge in [-0.05, 0) is 53.9 Å². The third kappa shape index (κ3) is 3.38. The van der Waals surface area contributed by atoms with Crippen LogP contribution in [0.5, 0.6) is 5.75 Å². The van der Waals surface area contributed by atoms with Crippen LogP contribution >= 0.6 is 23.2 Å². The number of aliphatic hydroxyl groups is 1. The van der Waals surface area contributed by atoms with Crippen molar-refractivity contribution in [2.24, 2.45) is 0 Å². The van der Waals surface area contributed by atoms with Gasteiger partial charge in [-0.3, -0.25) is 4.79 Å². The van der Waals surface area contributed by atoms with Crippen LogP contribution in [0.3, 0.4) is 0 Å². The minimum atomic E-state index is -0.444. The van der Waals surface area contributed by atoms with Gasteiger partial charge in [0.15, 0.2) is 0 Å². The van der Waals surface area contributed by atoms with Crippen molar-refractivity contribution in [1.82, 2.24) is 9.88 Å². The standard InChI is InChI=1S/C20H18Cl2N2O3/c21-12-1-2-17-16(9-12)15-3-4-24(18(10-25)20(15)23-17)19(27)7-11-5-13(22)8-14(26)6-11/h1-2,5-6,8-9,18,23,25-26H,3-4,7,10H2. The lowest BCUT2D eigenvalue weighted by atomic mass is 9.97. The first-order chi connectivity index (χ1) is 13.0. The van der Waals surface area contributed by atoms with Crippen LogP contribution in [-0.4, -0.2) is 39.2 Å². The van der Waals surface area contributed by atoms with E-state index in [9.17, 15) is 15.0 Å². The van der Waals surface area contributed by atoms with Crippen LogP contribution in [-0.2, 0) is 17.6 Å². The van der Waals surface area contributed by atoms with Crippen molar-refractivity contribution in [2.45, 2.75) is 18.9 Å². The number of hydrogen-bond donors (Lipinski definition) is 3. The van der Waals surface area contributed by atoms with Crippen LogP contribution in [0, 0.1) is 0 Å². The quantitative estimate of drug-likeness (QED) is 0.620. The summed E-state index contributed by atoms with van der Waals surface area (Å²) in [7, 11) is 0. The van der Waals surface area contributed by atoms with E-state index in [1.165, 1.54) is 12.1 Å². The van der Waals surface area contributed by atoms with Gasteiger partial charge in [0.2, 0.25) is 5.91 Å². The summed E-state index contributed by atoms with van der Waals surface area (Å²) >= 11 is 12.1. The van der Waals surface area contributed by atoms with Crippen molar-refractivity contribution in [3.05, 3.63) is 63.3 Å². The molecular weight excluding hydrogens is 387 g/mol. The first kappa shape index (κ1) is 18.2. The average Bonchev–Trinajstić information content (AvgIpc) is 2.97. The summed E-state index contributed by atoms with van der Waals surface area (Å²) in [6.45, 7) is 0.323. The monoisotopic (exact) mass is 404 g/mol. The second kappa shape index (κ2) is 7.08. The smallest absolute Gasteiger partial charge is 0.227 e. The van der Waals surface area contributed by atoms with Crippen molar-refractivity contribution in [3.63, 3.8) is 0 Å². The molecule has 1 aliphatic heterocycles. The van der Waals surface area contributed by atoms with E-state index in [2.05, 4.69) is 4.98 Å². The highest BCUT2D eigenvalue weighted by atomic mass is 35.5. The number of aromatic amines is 1. The van der Waals surface area contributed by atoms with E-state index < -0.39 is 6.04 Å². The molecule has 1 aliphatic rings. The SMILES string of the molecule is O=C(Cc1cc(O)cc(Cl)c1)N1CCc2c([nH]c3ccc(Cl)cc23)C1CO. The fourth-order valence-electron chi connectivity index (χ4n) is 3.84. The van der Waals surface area contributed by atoms with Gasteiger partial charge in [0.25, 0.3) is 0 Å². The number of benzene rings is 2. The van der Waals surface area contributed by atoms with Crippen LogP contribution in [0.25, 0.3) is 10.9 Å². The average molecular weight is 405 g/mol. The Kier molecular flexibility index (Phi) is 4.76. The molecule has 1 aromatic heterocycles. The zero-order valence-corrected chi connectivity index (χ0v) is 15.9. The minimum absolute atomic E-state index is 0.0254. The van der Waals surface area contributed by atoms with Crippen LogP contribution < -0.4 is 0 Å². The molecule has 140 valence electrons. The van der Waals surface area contributed by atoms with Gasteiger partial charge in [-0.25, -0.2) is 0 Å². The maximum atomic E-state index is 12.9. The number of nitrogens with one attached hydrogen (secondary N) is 1. The molecule has 1 atom stereocenters. The predicted octanol–water partition coefficient (Wildman–Crippen LogP) is 3.84. The highest BCUT2D eigenvalue weighted by molar-refractivity contribution is 6.31. The Hall–Kier alpha value is -2.21. The van der Waals surface area contributed by atoms with Gasteiger partial charge < -0.3 is 20.1 Å². The van der Waals surface area contributed by atoms with Crippen molar-refractivity contribution in [1.29, 1.82) is 0 Å². The Bertz CT molecular complexity index is 1010. The highest BCUT2D eigenvalue weighted by Crippen LogP contribution is 2.35. The van der Waals surface area contributed by atoms with Crippen molar-refractivity contribution in [2.75, 3.05) is 13.2 Å². The Balaban J connectivity index is 1.65. The fourth-order valence-corrected chi connectivity index (χ4v) is 4.26. The third-order valence-corrected chi connectivity index (χ3v) is 5.46. The molecule has 27 heavy (non-hydrogen) atoms. The molecule has 0 bridgehead atoms. The van der Waals surface area contributed by atoms with Crippen molar-refractivity contribution in [3.8, 4) is 5.75 Å². The van der Waals surface area contributed by atoms with E-state index in [0.717, 1.165) is 22.2 Å². The van der Waals surface area contributed by atoms with E-state index >= 15 is 0 Å². The number of halogens is 2. The molecule has 4 rings (SSSR count). The number of rotatable bonds is 3. The number of aliphatic hydroxyl groups excluding tert-OH is 1. The number of aromatic nitrogens is 1. The molecule has 3 aromatic rings. The maximum Gasteiger partial charge on any atom is 0.227 e. The molecule has 0 saturated carbocycles. The molecule has 3 N–H and O–H groups in total. The Morgan fingerprint density at radius 2 is 2.00 bits per heavy atom. The summed E-state index contributed by atoms with van der Waals surface area (Å²) in [5, 5.41) is 21.7. The molecule has 0 aliphatic carbocycles. The number of aromatic hydroxyl groups is 1. The number of nitrogens with zero attached hydrogens (tertiary/aromatic N) is 1. The summed E-state index contributed by atoms with van der Waals surface area (Å²) in [5.74, 6) is -0.101. The number of carbonyl (C=O) groups excluding carboxylic acids is 1. The summed E-state index contributed by atoms with van der Waals surface area (Å²) in [5.41, 5.74) is 3.52. The zero-order valence-electron chi connectivity index (χ0n) is 14.4. The maximum absolute atomic E-state index is 12.9. The molecule has 0 saturated heterocycles. The van der Waals surface area contributed by atoms with Gasteiger partial charge in [-0.15, -0.1) is 0 Å². The molecule has 2 heterocycles. The highest BCUT2D eigenvalue weighted by Gasteiger charge is 2.32. The lowest BCUT2D eigenvalue weighted by Gasteiger charge is -2.35. The van der Waals surface area contributed by atoms with E-state index in [-0.39, 0.29) is 24.7 Å². The summed E-state index contributed by atoms with van der Waals surface area (Å²) in [6, 6.07) is 9.80. The number of hydrogen-bond acceptors (Lipinski definition) is 3. The van der Waals surface area contributed by atoms with Gasteiger partial charge >= 0.3 is 0 Å². The topological polar surface area (TPSA) is 76.6 Å². The number of phenolic OH excluding ortho intramolecular Hbond substituents is 1. The van der Waals surface area contributed by atoms with Crippen LogP contribution in [0.2, 0.25) is 10.0 Å². The second-order valence-electron chi connectivity index (χ2n) is 6.74. The lowest BCUT2D eigenvalue weighted by molar-refractivity contribution is -0.134. The van der Waals surface area contributed by atoms with Gasteiger partial charge in [-0.1, -0.05) is 23.2 Å². The van der Waals surface area contributed by atoms with E-state index in [4.69, 9.17) is 23.2 Å². The molecule has 2 aromatic carbocycles. The first-order valence-electron chi connectivity index (χ1n) is 8.65. The van der Waals surface area contributed by atoms with E-state index in [0.29, 0.717) is 28.6 Å². The van der Waals surface area contributed by atoms with Crippen LogP contribution in [0.4, 0.5) is 0 Å². The summed E-state index contributed by atoms with van der Waals surface area (Å²) < 4.78 is 0. The number of phenols is 1. The van der Waals surface area contributed by atoms with Gasteiger partial charge in [0, 0.05) is 33.2 Å². The Labute approximate surface area is 166 Å². The molecule has 7 heteroatoms. The predicted molar refractivity (Wildman–Crippen MR) is 105 cm³/mol. The Morgan fingerprint density at radius 3 is 2.74 bits per heavy atom. The largest absolute Gasteiger partial charge is 0.508 e.